The first kappa shape index (κ1) is 81.8. The molecule has 3 fully saturated rings. The van der Waals surface area contributed by atoms with Gasteiger partial charge in [-0.2, -0.15) is 0 Å². The van der Waals surface area contributed by atoms with Crippen molar-refractivity contribution in [2.45, 2.75) is 401 Å². The largest absolute Gasteiger partial charge is 0.394 e. The van der Waals surface area contributed by atoms with E-state index >= 15 is 0 Å². The van der Waals surface area contributed by atoms with Gasteiger partial charge in [0.25, 0.3) is 0 Å². The van der Waals surface area contributed by atoms with Gasteiger partial charge in [0.2, 0.25) is 5.91 Å². The molecular formula is C70H133NO18. The lowest BCUT2D eigenvalue weighted by Crippen LogP contribution is -2.66. The van der Waals surface area contributed by atoms with Crippen LogP contribution < -0.4 is 5.32 Å². The van der Waals surface area contributed by atoms with Crippen LogP contribution in [-0.4, -0.2) is 193 Å². The maximum absolute atomic E-state index is 13.4. The quantitative estimate of drug-likeness (QED) is 0.0199. The molecule has 0 aromatic carbocycles. The van der Waals surface area contributed by atoms with Crippen molar-refractivity contribution in [3.63, 3.8) is 0 Å². The van der Waals surface area contributed by atoms with E-state index in [9.17, 15) is 61.0 Å². The van der Waals surface area contributed by atoms with Crippen molar-refractivity contribution in [2.75, 3.05) is 26.4 Å². The SMILES string of the molecule is CCCCCCCCC/C=C\CCCCCCCC(=O)NC(COC1OC(CO)C(OC2OC(CO)C(OC3OC(CO)C(O)C(O)C3O)C(O)C2O)C(O)C1O)C(O)CCCCCCCCCCCCCCCCCCCCCCCCCCCCCC. The van der Waals surface area contributed by atoms with E-state index in [2.05, 4.69) is 31.3 Å². The second-order valence-corrected chi connectivity index (χ2v) is 26.4. The zero-order chi connectivity index (χ0) is 64.7. The molecule has 3 aliphatic rings. The van der Waals surface area contributed by atoms with Crippen LogP contribution in [0.5, 0.6) is 0 Å². The summed E-state index contributed by atoms with van der Waals surface area (Å²) in [5.74, 6) is -0.247. The molecule has 0 saturated carbocycles. The topological polar surface area (TPSA) is 307 Å². The Morgan fingerprint density at radius 2 is 0.708 bits per heavy atom. The van der Waals surface area contributed by atoms with Gasteiger partial charge in [-0.3, -0.25) is 4.79 Å². The fraction of sp³-hybridized carbons (Fsp3) is 0.957. The normalized spacial score (nSPS) is 28.2. The molecule has 526 valence electrons. The van der Waals surface area contributed by atoms with Gasteiger partial charge >= 0.3 is 0 Å². The van der Waals surface area contributed by atoms with Crippen LogP contribution >= 0.6 is 0 Å². The van der Waals surface area contributed by atoms with Gasteiger partial charge in [-0.15, -0.1) is 0 Å². The fourth-order valence-electron chi connectivity index (χ4n) is 12.7. The van der Waals surface area contributed by atoms with Gasteiger partial charge in [-0.25, -0.2) is 0 Å². The van der Waals surface area contributed by atoms with Crippen molar-refractivity contribution in [3.8, 4) is 0 Å². The van der Waals surface area contributed by atoms with E-state index in [0.717, 1.165) is 64.2 Å². The number of rotatable bonds is 57. The minimum atomic E-state index is -1.97. The summed E-state index contributed by atoms with van der Waals surface area (Å²) in [7, 11) is 0. The van der Waals surface area contributed by atoms with Crippen molar-refractivity contribution < 1.29 is 89.4 Å². The van der Waals surface area contributed by atoms with Gasteiger partial charge in [-0.05, 0) is 38.5 Å². The summed E-state index contributed by atoms with van der Waals surface area (Å²) >= 11 is 0. The molecule has 3 rings (SSSR count). The maximum Gasteiger partial charge on any atom is 0.220 e. The summed E-state index contributed by atoms with van der Waals surface area (Å²) < 4.78 is 34.4. The molecule has 0 aromatic heterocycles. The molecule has 89 heavy (non-hydrogen) atoms. The lowest BCUT2D eigenvalue weighted by atomic mass is 9.96. The molecule has 3 saturated heterocycles. The lowest BCUT2D eigenvalue weighted by molar-refractivity contribution is -0.379. The molecule has 0 aromatic rings. The van der Waals surface area contributed by atoms with E-state index in [4.69, 9.17) is 28.4 Å². The Labute approximate surface area is 537 Å². The standard InChI is InChI=1S/C70H133NO18/c1-3-5-7-9-11-13-15-17-19-21-22-23-24-25-26-27-28-29-30-31-32-33-35-37-39-41-43-45-47-54(75)53(71-58(76)48-46-44-42-40-38-36-34-20-18-16-14-12-10-8-6-4-2)52-84-68-64(82)61(79)66(56(50-73)86-68)89-70-65(83)62(80)67(57(51-74)87-70)88-69-63(81)60(78)59(77)55(49-72)85-69/h20,34,53-57,59-70,72-75,77-83H,3-19,21-33,35-52H2,1-2H3,(H,71,76)/b34-20-. The Kier molecular flexibility index (Phi) is 48.5. The Balaban J connectivity index is 1.39. The van der Waals surface area contributed by atoms with Crippen LogP contribution in [0.2, 0.25) is 0 Å². The Morgan fingerprint density at radius 1 is 0.393 bits per heavy atom. The number of hydrogen-bond acceptors (Lipinski definition) is 18. The van der Waals surface area contributed by atoms with E-state index < -0.39 is 124 Å². The van der Waals surface area contributed by atoms with Crippen LogP contribution in [0.4, 0.5) is 0 Å². The maximum atomic E-state index is 13.4. The molecule has 0 aliphatic carbocycles. The zero-order valence-corrected chi connectivity index (χ0v) is 55.7. The van der Waals surface area contributed by atoms with Gasteiger partial charge < -0.3 is 89.9 Å². The molecule has 19 heteroatoms. The summed E-state index contributed by atoms with van der Waals surface area (Å²) in [6.07, 6.45) is 31.6. The van der Waals surface area contributed by atoms with E-state index in [1.54, 1.807) is 0 Å². The van der Waals surface area contributed by atoms with Gasteiger partial charge in [0, 0.05) is 6.42 Å². The third-order valence-corrected chi connectivity index (χ3v) is 18.6. The van der Waals surface area contributed by atoms with Gasteiger partial charge in [0.15, 0.2) is 18.9 Å². The third-order valence-electron chi connectivity index (χ3n) is 18.6. The van der Waals surface area contributed by atoms with E-state index in [-0.39, 0.29) is 18.9 Å². The minimum Gasteiger partial charge on any atom is -0.394 e. The van der Waals surface area contributed by atoms with Crippen molar-refractivity contribution in [1.29, 1.82) is 0 Å². The molecule has 19 nitrogen and oxygen atoms in total. The number of allylic oxidation sites excluding steroid dienone is 2. The summed E-state index contributed by atoms with van der Waals surface area (Å²) in [5.41, 5.74) is 0. The minimum absolute atomic E-state index is 0.247. The van der Waals surface area contributed by atoms with Crippen molar-refractivity contribution in [1.82, 2.24) is 5.32 Å². The highest BCUT2D eigenvalue weighted by Crippen LogP contribution is 2.33. The molecule has 12 N–H and O–H groups in total. The monoisotopic (exact) mass is 1280 g/mol. The highest BCUT2D eigenvalue weighted by Gasteiger charge is 2.53. The molecule has 3 aliphatic heterocycles. The van der Waals surface area contributed by atoms with Crippen molar-refractivity contribution >= 4 is 5.91 Å². The molecule has 3 heterocycles. The first-order valence-electron chi connectivity index (χ1n) is 36.4. The number of aliphatic hydroxyl groups is 11. The van der Waals surface area contributed by atoms with Crippen LogP contribution in [0.15, 0.2) is 12.2 Å². The van der Waals surface area contributed by atoms with Gasteiger partial charge in [-0.1, -0.05) is 264 Å². The van der Waals surface area contributed by atoms with Crippen molar-refractivity contribution in [3.05, 3.63) is 12.2 Å². The summed E-state index contributed by atoms with van der Waals surface area (Å²) in [5, 5.41) is 121. The predicted molar refractivity (Wildman–Crippen MR) is 347 cm³/mol. The van der Waals surface area contributed by atoms with Gasteiger partial charge in [0.05, 0.1) is 38.6 Å². The van der Waals surface area contributed by atoms with E-state index in [1.807, 2.05) is 0 Å². The van der Waals surface area contributed by atoms with Crippen LogP contribution in [-0.2, 0) is 33.2 Å². The molecule has 0 bridgehead atoms. The second kappa shape index (κ2) is 52.8. The van der Waals surface area contributed by atoms with Crippen LogP contribution in [0.3, 0.4) is 0 Å². The summed E-state index contributed by atoms with van der Waals surface area (Å²) in [6, 6.07) is -0.889. The number of carbonyl (C=O) groups excluding carboxylic acids is 1. The van der Waals surface area contributed by atoms with E-state index in [0.29, 0.717) is 12.8 Å². The van der Waals surface area contributed by atoms with Crippen LogP contribution in [0, 0.1) is 0 Å². The number of ether oxygens (including phenoxy) is 6. The zero-order valence-electron chi connectivity index (χ0n) is 55.7. The molecule has 0 spiro atoms. The van der Waals surface area contributed by atoms with Crippen LogP contribution in [0.1, 0.15) is 296 Å². The average molecular weight is 1280 g/mol. The van der Waals surface area contributed by atoms with Crippen LogP contribution in [0.25, 0.3) is 0 Å². The number of unbranched alkanes of at least 4 members (excludes halogenated alkanes) is 39. The predicted octanol–water partition coefficient (Wildman–Crippen LogP) is 10.1. The highest BCUT2D eigenvalue weighted by atomic mass is 16.8. The smallest absolute Gasteiger partial charge is 0.220 e. The number of carbonyl (C=O) groups is 1. The number of nitrogens with one attached hydrogen (secondary N) is 1. The van der Waals surface area contributed by atoms with E-state index in [1.165, 1.54) is 199 Å². The third kappa shape index (κ3) is 34.7. The number of hydrogen-bond donors (Lipinski definition) is 12. The molecule has 0 radical (unpaired) electrons. The Bertz CT molecular complexity index is 1670. The first-order chi connectivity index (χ1) is 43.3. The van der Waals surface area contributed by atoms with Gasteiger partial charge in [0.1, 0.15) is 73.2 Å². The van der Waals surface area contributed by atoms with Crippen molar-refractivity contribution in [2.24, 2.45) is 0 Å². The molecule has 17 unspecified atom stereocenters. The molecule has 17 atom stereocenters. The highest BCUT2D eigenvalue weighted by molar-refractivity contribution is 5.76. The average Bonchev–Trinajstić information content (AvgIpc) is 2.43. The Morgan fingerprint density at radius 3 is 1.09 bits per heavy atom. The second-order valence-electron chi connectivity index (χ2n) is 26.4. The Hall–Kier alpha value is -1.47. The number of amides is 1. The lowest BCUT2D eigenvalue weighted by Gasteiger charge is -2.48. The fourth-order valence-corrected chi connectivity index (χ4v) is 12.7. The molecule has 1 amide bonds. The first-order valence-corrected chi connectivity index (χ1v) is 36.4. The number of aliphatic hydroxyl groups excluding tert-OH is 11. The summed E-state index contributed by atoms with van der Waals surface area (Å²) in [4.78, 5) is 13.4. The molecular weight excluding hydrogens is 1140 g/mol. The summed E-state index contributed by atoms with van der Waals surface area (Å²) in [6.45, 7) is 1.83.